The molecular weight excluding hydrogens is 462 g/mol. The summed E-state index contributed by atoms with van der Waals surface area (Å²) in [6, 6.07) is 12.8. The average molecular weight is 488 g/mol. The van der Waals surface area contributed by atoms with Gasteiger partial charge < -0.3 is 24.3 Å². The molecule has 5 rings (SSSR count). The minimum Gasteiger partial charge on any atom is -0.493 e. The quantitative estimate of drug-likeness (QED) is 0.458. The summed E-state index contributed by atoms with van der Waals surface area (Å²) >= 11 is 0. The topological polar surface area (TPSA) is 135 Å². The molecule has 1 aliphatic heterocycles. The van der Waals surface area contributed by atoms with E-state index >= 15 is 0 Å². The first-order valence-electron chi connectivity index (χ1n) is 11.8. The first-order chi connectivity index (χ1) is 17.5. The van der Waals surface area contributed by atoms with E-state index in [2.05, 4.69) is 16.4 Å². The lowest BCUT2D eigenvalue weighted by molar-refractivity contribution is -0.137. The number of nitrogens with zero attached hydrogens (tertiary/aromatic N) is 2. The summed E-state index contributed by atoms with van der Waals surface area (Å²) in [6.45, 7) is 0.723. The van der Waals surface area contributed by atoms with E-state index < -0.39 is 5.97 Å². The molecule has 0 radical (unpaired) electrons. The van der Waals surface area contributed by atoms with Gasteiger partial charge in [0.2, 0.25) is 11.8 Å². The maximum atomic E-state index is 13.4. The van der Waals surface area contributed by atoms with Crippen LogP contribution in [0, 0.1) is 17.2 Å². The Morgan fingerprint density at radius 3 is 2.94 bits per heavy atom. The van der Waals surface area contributed by atoms with E-state index in [-0.39, 0.29) is 30.3 Å². The number of benzene rings is 2. The molecule has 2 aromatic carbocycles. The Morgan fingerprint density at radius 1 is 1.28 bits per heavy atom. The third kappa shape index (κ3) is 4.75. The molecule has 2 aliphatic rings. The lowest BCUT2D eigenvalue weighted by Gasteiger charge is -2.27. The molecule has 1 fully saturated rings. The van der Waals surface area contributed by atoms with E-state index in [4.69, 9.17) is 19.0 Å². The second-order valence-corrected chi connectivity index (χ2v) is 9.10. The number of carboxylic acid groups (broad SMARTS) is 1. The number of carbonyl (C=O) groups excluding carboxylic acids is 1. The summed E-state index contributed by atoms with van der Waals surface area (Å²) in [7, 11) is 0. The second-order valence-electron chi connectivity index (χ2n) is 9.10. The van der Waals surface area contributed by atoms with E-state index in [1.165, 1.54) is 6.26 Å². The van der Waals surface area contributed by atoms with Crippen molar-refractivity contribution in [1.29, 1.82) is 5.26 Å². The van der Waals surface area contributed by atoms with Gasteiger partial charge in [-0.3, -0.25) is 9.59 Å². The maximum absolute atomic E-state index is 13.4. The van der Waals surface area contributed by atoms with Crippen LogP contribution in [0.5, 0.6) is 11.5 Å². The summed E-state index contributed by atoms with van der Waals surface area (Å²) < 4.78 is 16.9. The van der Waals surface area contributed by atoms with Crippen LogP contribution in [0.15, 0.2) is 53.3 Å². The van der Waals surface area contributed by atoms with Crippen LogP contribution in [0.2, 0.25) is 0 Å². The van der Waals surface area contributed by atoms with Gasteiger partial charge in [0.15, 0.2) is 6.61 Å². The molecule has 2 heterocycles. The lowest BCUT2D eigenvalue weighted by Crippen LogP contribution is -2.27. The largest absolute Gasteiger partial charge is 0.493 e. The molecule has 1 aromatic heterocycles. The van der Waals surface area contributed by atoms with E-state index in [0.29, 0.717) is 55.2 Å². The van der Waals surface area contributed by atoms with Crippen molar-refractivity contribution in [1.82, 2.24) is 4.98 Å². The highest BCUT2D eigenvalue weighted by Gasteiger charge is 2.61. The van der Waals surface area contributed by atoms with E-state index in [9.17, 15) is 14.9 Å². The van der Waals surface area contributed by atoms with Crippen LogP contribution < -0.4 is 14.8 Å². The van der Waals surface area contributed by atoms with Crippen LogP contribution in [-0.2, 0) is 28.0 Å². The molecule has 1 saturated carbocycles. The van der Waals surface area contributed by atoms with Crippen LogP contribution in [0.25, 0.3) is 0 Å². The number of nitriles is 1. The normalized spacial score (nSPS) is 19.6. The third-order valence-electron chi connectivity index (χ3n) is 6.86. The van der Waals surface area contributed by atoms with Crippen LogP contribution >= 0.6 is 0 Å². The van der Waals surface area contributed by atoms with Crippen LogP contribution in [-0.4, -0.2) is 28.6 Å². The predicted molar refractivity (Wildman–Crippen MR) is 128 cm³/mol. The number of hydrogen-bond acceptors (Lipinski definition) is 7. The molecule has 2 N–H and O–H groups in total. The van der Waals surface area contributed by atoms with Crippen molar-refractivity contribution in [3.8, 4) is 17.6 Å². The Labute approximate surface area is 207 Å². The minimum absolute atomic E-state index is 0.0380. The standard InChI is InChI=1S/C27H25N3O6/c28-15-17-4-5-18(2-1-3-25(31)32)22(12-17)30-26(33)21-14-27(21)8-10-34-23-7-6-19(13-20(23)27)36-16-24-29-9-11-35-24/h4-7,9,11-13,21H,1-3,8,10,14,16H2,(H,30,33)(H,31,32)/t21-,27-/m0/s1. The minimum atomic E-state index is -0.865. The van der Waals surface area contributed by atoms with E-state index in [0.717, 1.165) is 16.9 Å². The zero-order chi connectivity index (χ0) is 25.1. The highest BCUT2D eigenvalue weighted by molar-refractivity contribution is 5.97. The van der Waals surface area contributed by atoms with Gasteiger partial charge >= 0.3 is 5.97 Å². The van der Waals surface area contributed by atoms with Crippen molar-refractivity contribution >= 4 is 17.6 Å². The van der Waals surface area contributed by atoms with Crippen molar-refractivity contribution in [2.24, 2.45) is 5.92 Å². The number of anilines is 1. The van der Waals surface area contributed by atoms with Gasteiger partial charge in [0.05, 0.1) is 24.4 Å². The van der Waals surface area contributed by atoms with Crippen molar-refractivity contribution in [2.45, 2.75) is 44.1 Å². The number of carboxylic acids is 1. The number of rotatable bonds is 9. The number of aryl methyl sites for hydroxylation is 1. The van der Waals surface area contributed by atoms with Gasteiger partial charge in [-0.25, -0.2) is 4.98 Å². The number of nitrogens with one attached hydrogen (secondary N) is 1. The van der Waals surface area contributed by atoms with Crippen molar-refractivity contribution < 1.29 is 28.6 Å². The summed E-state index contributed by atoms with van der Waals surface area (Å²) in [6.07, 6.45) is 5.42. The van der Waals surface area contributed by atoms with Gasteiger partial charge in [0.1, 0.15) is 17.8 Å². The monoisotopic (exact) mass is 487 g/mol. The van der Waals surface area contributed by atoms with Crippen LogP contribution in [0.4, 0.5) is 5.69 Å². The number of aliphatic carboxylic acids is 1. The van der Waals surface area contributed by atoms with Crippen molar-refractivity contribution in [3.63, 3.8) is 0 Å². The number of aromatic nitrogens is 1. The number of ether oxygens (including phenoxy) is 2. The fraction of sp³-hybridized carbons (Fsp3) is 0.333. The Hall–Kier alpha value is -4.32. The number of carbonyl (C=O) groups is 2. The number of oxazole rings is 1. The zero-order valence-corrected chi connectivity index (χ0v) is 19.5. The summed E-state index contributed by atoms with van der Waals surface area (Å²) in [5.41, 5.74) is 2.42. The van der Waals surface area contributed by atoms with Gasteiger partial charge in [-0.15, -0.1) is 0 Å². The SMILES string of the molecule is N#Cc1ccc(CCCC(=O)O)c(NC(=O)[C@@H]2C[C@]23CCOc2ccc(OCc4ncco4)cc23)c1. The molecule has 36 heavy (non-hydrogen) atoms. The smallest absolute Gasteiger partial charge is 0.303 e. The Morgan fingerprint density at radius 2 is 2.17 bits per heavy atom. The number of amides is 1. The average Bonchev–Trinajstić information content (AvgIpc) is 3.34. The molecule has 9 heteroatoms. The van der Waals surface area contributed by atoms with Crippen molar-refractivity contribution in [2.75, 3.05) is 11.9 Å². The lowest BCUT2D eigenvalue weighted by atomic mass is 9.87. The molecule has 2 atom stereocenters. The fourth-order valence-electron chi connectivity index (χ4n) is 4.91. The second kappa shape index (κ2) is 9.74. The zero-order valence-electron chi connectivity index (χ0n) is 19.5. The van der Waals surface area contributed by atoms with E-state index in [1.807, 2.05) is 18.2 Å². The molecule has 1 spiro atoms. The summed E-state index contributed by atoms with van der Waals surface area (Å²) in [5, 5.41) is 21.3. The Balaban J connectivity index is 1.32. The molecule has 184 valence electrons. The van der Waals surface area contributed by atoms with Gasteiger partial charge in [-0.2, -0.15) is 5.26 Å². The molecule has 1 amide bonds. The summed E-state index contributed by atoms with van der Waals surface area (Å²) in [5.74, 6) is 0.631. The number of hydrogen-bond donors (Lipinski definition) is 2. The van der Waals surface area contributed by atoms with Gasteiger partial charge in [-0.05, 0) is 61.6 Å². The summed E-state index contributed by atoms with van der Waals surface area (Å²) in [4.78, 5) is 28.3. The highest BCUT2D eigenvalue weighted by atomic mass is 16.5. The Bertz CT molecular complexity index is 1330. The third-order valence-corrected chi connectivity index (χ3v) is 6.86. The maximum Gasteiger partial charge on any atom is 0.303 e. The molecule has 0 saturated heterocycles. The molecule has 1 aliphatic carbocycles. The predicted octanol–water partition coefficient (Wildman–Crippen LogP) is 4.21. The number of fused-ring (bicyclic) bond motifs is 2. The van der Waals surface area contributed by atoms with Gasteiger partial charge in [-0.1, -0.05) is 6.07 Å². The molecule has 0 bridgehead atoms. The molecule has 3 aromatic rings. The van der Waals surface area contributed by atoms with Gasteiger partial charge in [0.25, 0.3) is 0 Å². The van der Waals surface area contributed by atoms with Crippen LogP contribution in [0.1, 0.15) is 48.3 Å². The highest BCUT2D eigenvalue weighted by Crippen LogP contribution is 2.61. The Kier molecular flexibility index (Phi) is 6.34. The molecule has 9 nitrogen and oxygen atoms in total. The van der Waals surface area contributed by atoms with E-state index in [1.54, 1.807) is 24.4 Å². The van der Waals surface area contributed by atoms with Gasteiger partial charge in [0, 0.05) is 29.0 Å². The molecule has 0 unspecified atom stereocenters. The van der Waals surface area contributed by atoms with Crippen molar-refractivity contribution in [3.05, 3.63) is 71.4 Å². The first-order valence-corrected chi connectivity index (χ1v) is 11.8. The van der Waals surface area contributed by atoms with Crippen LogP contribution in [0.3, 0.4) is 0 Å². The fourth-order valence-corrected chi connectivity index (χ4v) is 4.91. The molecular formula is C27H25N3O6. The first kappa shape index (κ1) is 23.4.